The van der Waals surface area contributed by atoms with E-state index in [0.29, 0.717) is 90.4 Å². The van der Waals surface area contributed by atoms with E-state index in [0.717, 1.165) is 109 Å². The van der Waals surface area contributed by atoms with E-state index >= 15 is 0 Å². The molecule has 0 aromatic heterocycles. The normalized spacial score (nSPS) is 14.5. The summed E-state index contributed by atoms with van der Waals surface area (Å²) in [7, 11) is 0. The van der Waals surface area contributed by atoms with E-state index in [4.69, 9.17) is 18.9 Å². The first-order valence-electron chi connectivity index (χ1n) is 51.3. The van der Waals surface area contributed by atoms with Crippen LogP contribution in [0, 0.1) is 5.92 Å². The molecule has 764 valence electrons. The molecule has 9 amide bonds. The van der Waals surface area contributed by atoms with Crippen LogP contribution in [0.5, 0.6) is 0 Å². The van der Waals surface area contributed by atoms with E-state index in [1.165, 1.54) is 179 Å². The lowest BCUT2D eigenvalue weighted by molar-refractivity contribution is -0.146. The number of unbranched alkanes of at least 4 members (excludes halogenated alkanes) is 45. The highest BCUT2D eigenvalue weighted by Crippen LogP contribution is 2.27. The van der Waals surface area contributed by atoms with Crippen molar-refractivity contribution in [2.45, 2.75) is 528 Å². The fourth-order valence-electron chi connectivity index (χ4n) is 15.4. The number of hydrogen-bond acceptors (Lipinski definition) is 21. The second-order valence-electron chi connectivity index (χ2n) is 40.6. The van der Waals surface area contributed by atoms with Gasteiger partial charge in [0.15, 0.2) is 12.2 Å². The maximum absolute atomic E-state index is 14.4. The van der Waals surface area contributed by atoms with Crippen molar-refractivity contribution in [2.75, 3.05) is 52.4 Å². The largest absolute Gasteiger partial charge is 0.444 e. The molecule has 0 spiro atoms. The maximum Gasteiger partial charge on any atom is 0.411 e. The molecular formula is C100H193N9O21. The number of hydrogen-bond donors (Lipinski definition) is 15. The Bertz CT molecular complexity index is 2910. The molecular weight excluding hydrogens is 1660 g/mol. The third-order valence-corrected chi connectivity index (χ3v) is 23.0. The average molecular weight is 1860 g/mol. The highest BCUT2D eigenvalue weighted by molar-refractivity contribution is 5.88. The summed E-state index contributed by atoms with van der Waals surface area (Å²) < 4.78 is 23.3. The quantitative estimate of drug-likeness (QED) is 0.0153. The highest BCUT2D eigenvalue weighted by Gasteiger charge is 2.39. The van der Waals surface area contributed by atoms with Gasteiger partial charge in [-0.25, -0.2) is 19.2 Å². The number of alkyl carbamates (subject to hydrolysis) is 2. The third kappa shape index (κ3) is 70.7. The second kappa shape index (κ2) is 75.3. The Hall–Kier alpha value is -5.89. The van der Waals surface area contributed by atoms with Gasteiger partial charge in [0.25, 0.3) is 11.8 Å². The summed E-state index contributed by atoms with van der Waals surface area (Å²) in [4.78, 5) is 124. The zero-order valence-corrected chi connectivity index (χ0v) is 84.3. The molecule has 0 aromatic rings. The molecule has 0 heterocycles. The highest BCUT2D eigenvalue weighted by atomic mass is 16.6. The molecule has 0 rings (SSSR count). The van der Waals surface area contributed by atoms with Gasteiger partial charge in [-0.15, -0.1) is 0 Å². The fraction of sp³-hybridized carbons (Fsp3) is 0.910. The minimum absolute atomic E-state index is 0.0385. The van der Waals surface area contributed by atoms with Gasteiger partial charge in [-0.3, -0.25) is 28.9 Å². The van der Waals surface area contributed by atoms with E-state index in [9.17, 15) is 84.0 Å². The van der Waals surface area contributed by atoms with Crippen molar-refractivity contribution in [3.8, 4) is 0 Å². The summed E-state index contributed by atoms with van der Waals surface area (Å²) >= 11 is 0. The Morgan fingerprint density at radius 2 is 0.600 bits per heavy atom. The minimum Gasteiger partial charge on any atom is -0.444 e. The van der Waals surface area contributed by atoms with E-state index in [1.54, 1.807) is 88.0 Å². The Morgan fingerprint density at radius 1 is 0.300 bits per heavy atom. The molecule has 0 aliphatic rings. The van der Waals surface area contributed by atoms with Gasteiger partial charge in [-0.05, 0) is 155 Å². The number of nitrogens with one attached hydrogen (secondary N) is 7. The first-order valence-corrected chi connectivity index (χ1v) is 51.3. The molecule has 15 N–H and O–H groups in total. The SMILES string of the molecule is CCCCN(C(=O)OC(C)(C)C)C(NC(=O)OC(C)(C)C)C(CCCCCCNC(=O)C(CNC(=O)CCCCCCCCCCCCCCCCCCCCCCCNC(=O)[C@H](O)[C@@H](O)[C@H](O)[C@@H](C)O)NC(=O)CCCCCCCCCCCCCCCCCCCCCCCNC(=O)[C@H](O)[C@@H](O)[C@H](O)[C@@H](C)O)CN(CCCCNC(=O)OC(C)(C)C)C(=O)OC(C)(C)C. The van der Waals surface area contributed by atoms with Crippen LogP contribution < -0.4 is 37.2 Å². The van der Waals surface area contributed by atoms with Crippen LogP contribution in [-0.2, 0) is 42.9 Å². The van der Waals surface area contributed by atoms with Crippen LogP contribution in [0.1, 0.15) is 444 Å². The van der Waals surface area contributed by atoms with Crippen LogP contribution >= 0.6 is 0 Å². The molecule has 0 aliphatic heterocycles. The van der Waals surface area contributed by atoms with Crippen LogP contribution in [-0.4, -0.2) is 240 Å². The van der Waals surface area contributed by atoms with Crippen molar-refractivity contribution in [1.82, 2.24) is 47.0 Å². The topological polar surface area (TPSA) is 443 Å². The minimum atomic E-state index is -1.80. The Balaban J connectivity index is 5.63. The zero-order valence-electron chi connectivity index (χ0n) is 84.3. The predicted molar refractivity (Wildman–Crippen MR) is 515 cm³/mol. The molecule has 30 nitrogen and oxygen atoms in total. The number of aliphatic hydroxyl groups is 8. The monoisotopic (exact) mass is 1860 g/mol. The van der Waals surface area contributed by atoms with E-state index < -0.39 is 126 Å². The Labute approximate surface area is 785 Å². The van der Waals surface area contributed by atoms with Gasteiger partial charge in [0.05, 0.1) is 12.2 Å². The standard InChI is InChI=1S/C100H193N9O21/c1-16-17-74-109(96(126)130-100(13,14)15)89(107-94(124)128-98(7,8)9)79(76-108(95(125)129-99(10,11)12)73-65-64-72-104-93(123)127-97(4,5)6)66-58-54-57-63-69-101-90(120)80(106-82(113)68-60-53-49-45-41-37-33-29-25-21-19-23-27-31-35-39-43-47-51-56-62-71-103-92(122)88(119)86(117)84(115)78(3)111)75-105-81(112)67-59-52-48-44-40-36-32-28-24-20-18-22-26-30-34-38-42-46-50-55-61-70-102-91(121)87(118)85(116)83(114)77(2)110/h77-80,83-89,110-111,114-119H,16-76H2,1-15H3,(H,101,120)(H,102,121)(H,103,122)(H,104,123)(H,105,112)(H,106,113)(H,107,124)/t77-,78-,79?,80?,83-,84-,85+,86+,87-,88-,89?/m1/s1. The summed E-state index contributed by atoms with van der Waals surface area (Å²) in [6.45, 7) is 27.8. The smallest absolute Gasteiger partial charge is 0.411 e. The molecule has 0 aromatic carbocycles. The Kier molecular flexibility index (Phi) is 71.9. The van der Waals surface area contributed by atoms with Gasteiger partial charge in [0.2, 0.25) is 17.7 Å². The third-order valence-electron chi connectivity index (χ3n) is 23.0. The number of carbonyl (C=O) groups is 9. The van der Waals surface area contributed by atoms with Gasteiger partial charge in [0, 0.05) is 71.1 Å². The van der Waals surface area contributed by atoms with Crippen LogP contribution in [0.2, 0.25) is 0 Å². The molecule has 0 saturated heterocycles. The van der Waals surface area contributed by atoms with Crippen molar-refractivity contribution in [2.24, 2.45) is 5.92 Å². The van der Waals surface area contributed by atoms with Gasteiger partial charge >= 0.3 is 24.4 Å². The molecule has 0 bridgehead atoms. The summed E-state index contributed by atoms with van der Waals surface area (Å²) in [5, 5.41) is 97.8. The van der Waals surface area contributed by atoms with E-state index in [1.807, 2.05) is 6.92 Å². The fourth-order valence-corrected chi connectivity index (χ4v) is 15.4. The molecule has 0 radical (unpaired) electrons. The van der Waals surface area contributed by atoms with Crippen molar-refractivity contribution in [1.29, 1.82) is 0 Å². The van der Waals surface area contributed by atoms with Gasteiger partial charge in [-0.1, -0.05) is 277 Å². The molecule has 11 atom stereocenters. The number of amides is 9. The van der Waals surface area contributed by atoms with Gasteiger partial charge < -0.3 is 102 Å². The average Bonchev–Trinajstić information content (AvgIpc) is 0.822. The first kappa shape index (κ1) is 124. The molecule has 3 unspecified atom stereocenters. The van der Waals surface area contributed by atoms with Crippen LogP contribution in [0.3, 0.4) is 0 Å². The molecule has 0 saturated carbocycles. The van der Waals surface area contributed by atoms with E-state index in [-0.39, 0.29) is 50.3 Å². The first-order chi connectivity index (χ1) is 61.5. The lowest BCUT2D eigenvalue weighted by Crippen LogP contribution is -2.58. The number of rotatable bonds is 80. The lowest BCUT2D eigenvalue weighted by Gasteiger charge is -2.40. The maximum atomic E-state index is 14.4. The van der Waals surface area contributed by atoms with Gasteiger partial charge in [0.1, 0.15) is 59.0 Å². The predicted octanol–water partition coefficient (Wildman–Crippen LogP) is 17.0. The van der Waals surface area contributed by atoms with Crippen LogP contribution in [0.25, 0.3) is 0 Å². The summed E-state index contributed by atoms with van der Waals surface area (Å²) in [6.07, 6.45) is 37.4. The number of ether oxygens (including phenoxy) is 4. The Morgan fingerprint density at radius 3 is 0.946 bits per heavy atom. The van der Waals surface area contributed by atoms with Crippen molar-refractivity contribution >= 4 is 53.9 Å². The molecule has 0 aliphatic carbocycles. The van der Waals surface area contributed by atoms with Crippen molar-refractivity contribution < 1.29 is 103 Å². The molecule has 30 heteroatoms. The molecule has 130 heavy (non-hydrogen) atoms. The summed E-state index contributed by atoms with van der Waals surface area (Å²) in [6, 6.07) is -0.974. The van der Waals surface area contributed by atoms with Crippen LogP contribution in [0.4, 0.5) is 19.2 Å². The lowest BCUT2D eigenvalue weighted by atomic mass is 9.95. The van der Waals surface area contributed by atoms with Crippen molar-refractivity contribution in [3.05, 3.63) is 0 Å². The molecule has 0 fully saturated rings. The number of carbonyl (C=O) groups excluding carboxylic acids is 9. The number of nitrogens with zero attached hydrogens (tertiary/aromatic N) is 2. The van der Waals surface area contributed by atoms with E-state index in [2.05, 4.69) is 37.2 Å². The van der Waals surface area contributed by atoms with Crippen molar-refractivity contribution in [3.63, 3.8) is 0 Å². The summed E-state index contributed by atoms with van der Waals surface area (Å²) in [5.74, 6) is -2.87. The summed E-state index contributed by atoms with van der Waals surface area (Å²) in [5.41, 5.74) is -3.30. The zero-order chi connectivity index (χ0) is 97.6. The second-order valence-corrected chi connectivity index (χ2v) is 40.6. The van der Waals surface area contributed by atoms with Gasteiger partial charge in [-0.2, -0.15) is 0 Å². The number of aliphatic hydroxyl groups excluding tert-OH is 8. The van der Waals surface area contributed by atoms with Crippen LogP contribution in [0.15, 0.2) is 0 Å².